The summed E-state index contributed by atoms with van der Waals surface area (Å²) in [5, 5.41) is 11.0. The van der Waals surface area contributed by atoms with Gasteiger partial charge in [-0.05, 0) is 23.8 Å². The fourth-order valence-electron chi connectivity index (χ4n) is 1.70. The summed E-state index contributed by atoms with van der Waals surface area (Å²) in [5.74, 6) is 5.81. The van der Waals surface area contributed by atoms with Gasteiger partial charge in [0, 0.05) is 13.2 Å². The van der Waals surface area contributed by atoms with Gasteiger partial charge in [-0.25, -0.2) is 5.84 Å². The number of rotatable bonds is 6. The molecule has 0 saturated carbocycles. The molecule has 21 heavy (non-hydrogen) atoms. The van der Waals surface area contributed by atoms with Gasteiger partial charge in [-0.15, -0.1) is 0 Å². The van der Waals surface area contributed by atoms with Crippen LogP contribution in [0.2, 0.25) is 0 Å². The highest BCUT2D eigenvalue weighted by atomic mass is 16.6. The second kappa shape index (κ2) is 6.64. The largest absolute Gasteiger partial charge is 0.434 e. The van der Waals surface area contributed by atoms with Gasteiger partial charge in [-0.2, -0.15) is 4.98 Å². The van der Waals surface area contributed by atoms with Crippen molar-refractivity contribution in [2.45, 2.75) is 6.61 Å². The fourth-order valence-corrected chi connectivity index (χ4v) is 1.70. The first-order valence-corrected chi connectivity index (χ1v) is 6.02. The Kier molecular flexibility index (Phi) is 4.64. The zero-order chi connectivity index (χ0) is 15.2. The Labute approximate surface area is 120 Å². The average molecular weight is 290 g/mol. The van der Waals surface area contributed by atoms with Crippen LogP contribution in [0.4, 0.5) is 11.5 Å². The first-order valence-electron chi connectivity index (χ1n) is 6.02. The summed E-state index contributed by atoms with van der Waals surface area (Å²) in [6.07, 6.45) is 0. The van der Waals surface area contributed by atoms with E-state index in [4.69, 9.17) is 15.3 Å². The van der Waals surface area contributed by atoms with Crippen molar-refractivity contribution in [1.29, 1.82) is 0 Å². The van der Waals surface area contributed by atoms with Crippen LogP contribution in [0.25, 0.3) is 0 Å². The van der Waals surface area contributed by atoms with Crippen molar-refractivity contribution in [2.24, 2.45) is 5.84 Å². The number of nitro groups is 1. The molecule has 2 rings (SSSR count). The van der Waals surface area contributed by atoms with Crippen LogP contribution in [-0.2, 0) is 11.3 Å². The summed E-state index contributed by atoms with van der Waals surface area (Å²) < 4.78 is 10.5. The van der Waals surface area contributed by atoms with Gasteiger partial charge in [0.2, 0.25) is 0 Å². The van der Waals surface area contributed by atoms with Crippen molar-refractivity contribution in [3.8, 4) is 11.6 Å². The Morgan fingerprint density at radius 2 is 2.19 bits per heavy atom. The third kappa shape index (κ3) is 3.65. The second-order valence-electron chi connectivity index (χ2n) is 4.10. The predicted octanol–water partition coefficient (Wildman–Crippen LogP) is 2.21. The predicted molar refractivity (Wildman–Crippen MR) is 75.9 cm³/mol. The number of nitrogens with zero attached hydrogens (tertiary/aromatic N) is 2. The Bertz CT molecular complexity index is 648. The van der Waals surface area contributed by atoms with Crippen molar-refractivity contribution in [2.75, 3.05) is 12.5 Å². The van der Waals surface area contributed by atoms with Gasteiger partial charge >= 0.3 is 11.6 Å². The van der Waals surface area contributed by atoms with Crippen molar-refractivity contribution >= 4 is 11.5 Å². The van der Waals surface area contributed by atoms with Crippen molar-refractivity contribution in [3.63, 3.8) is 0 Å². The van der Waals surface area contributed by atoms with E-state index in [1.165, 1.54) is 12.1 Å². The number of nitrogens with two attached hydrogens (primary N) is 1. The van der Waals surface area contributed by atoms with Gasteiger partial charge in [-0.1, -0.05) is 12.1 Å². The quantitative estimate of drug-likeness (QED) is 0.476. The standard InChI is InChI=1S/C13H14N4O4/c1-20-8-9-3-2-4-10(7-9)21-13-11(17(18)19)5-6-12(15-13)16-14/h2-7H,8,14H2,1H3,(H,15,16). The van der Waals surface area contributed by atoms with Crippen LogP contribution in [0.15, 0.2) is 36.4 Å². The Hall–Kier alpha value is -2.71. The zero-order valence-corrected chi connectivity index (χ0v) is 11.3. The minimum Gasteiger partial charge on any atom is -0.434 e. The molecule has 0 aliphatic carbocycles. The van der Waals surface area contributed by atoms with Crippen molar-refractivity contribution < 1.29 is 14.4 Å². The van der Waals surface area contributed by atoms with E-state index in [-0.39, 0.29) is 17.4 Å². The fraction of sp³-hybridized carbons (Fsp3) is 0.154. The number of nitrogen functional groups attached to an aromatic ring is 1. The first kappa shape index (κ1) is 14.7. The molecule has 110 valence electrons. The Morgan fingerprint density at radius 1 is 1.38 bits per heavy atom. The minimum atomic E-state index is -0.568. The summed E-state index contributed by atoms with van der Waals surface area (Å²) in [4.78, 5) is 14.4. The van der Waals surface area contributed by atoms with E-state index in [0.717, 1.165) is 5.56 Å². The second-order valence-corrected chi connectivity index (χ2v) is 4.10. The van der Waals surface area contributed by atoms with Crippen LogP contribution in [0.3, 0.4) is 0 Å². The lowest BCUT2D eigenvalue weighted by atomic mass is 10.2. The average Bonchev–Trinajstić information content (AvgIpc) is 2.47. The number of aromatic nitrogens is 1. The number of ether oxygens (including phenoxy) is 2. The maximum absolute atomic E-state index is 11.0. The van der Waals surface area contributed by atoms with Gasteiger partial charge < -0.3 is 14.9 Å². The number of nitrogens with one attached hydrogen (secondary N) is 1. The molecule has 0 saturated heterocycles. The molecule has 0 spiro atoms. The minimum absolute atomic E-state index is 0.134. The molecule has 0 bridgehead atoms. The smallest absolute Gasteiger partial charge is 0.331 e. The lowest BCUT2D eigenvalue weighted by molar-refractivity contribution is -0.386. The number of benzene rings is 1. The van der Waals surface area contributed by atoms with E-state index in [2.05, 4.69) is 10.4 Å². The summed E-state index contributed by atoms with van der Waals surface area (Å²) >= 11 is 0. The molecule has 2 aromatic rings. The third-order valence-corrected chi connectivity index (χ3v) is 2.61. The van der Waals surface area contributed by atoms with Crippen LogP contribution in [0.5, 0.6) is 11.6 Å². The SMILES string of the molecule is COCc1cccc(Oc2nc(NN)ccc2[N+](=O)[O-])c1. The number of hydrogen-bond donors (Lipinski definition) is 2. The van der Waals surface area contributed by atoms with Crippen LogP contribution in [0, 0.1) is 10.1 Å². The molecule has 1 aromatic heterocycles. The molecule has 0 aliphatic heterocycles. The van der Waals surface area contributed by atoms with Crippen LogP contribution in [0.1, 0.15) is 5.56 Å². The lowest BCUT2D eigenvalue weighted by Gasteiger charge is -2.08. The normalized spacial score (nSPS) is 10.2. The highest BCUT2D eigenvalue weighted by Gasteiger charge is 2.18. The van der Waals surface area contributed by atoms with Crippen LogP contribution in [-0.4, -0.2) is 17.0 Å². The number of methoxy groups -OCH3 is 1. The molecule has 3 N–H and O–H groups in total. The first-order chi connectivity index (χ1) is 10.1. The van der Waals surface area contributed by atoms with E-state index in [0.29, 0.717) is 12.4 Å². The van der Waals surface area contributed by atoms with E-state index in [1.807, 2.05) is 6.07 Å². The Balaban J connectivity index is 2.33. The molecule has 8 nitrogen and oxygen atoms in total. The molecular formula is C13H14N4O4. The molecule has 8 heteroatoms. The molecule has 0 amide bonds. The van der Waals surface area contributed by atoms with Gasteiger partial charge in [0.1, 0.15) is 11.6 Å². The maximum Gasteiger partial charge on any atom is 0.331 e. The van der Waals surface area contributed by atoms with Gasteiger partial charge in [0.15, 0.2) is 0 Å². The van der Waals surface area contributed by atoms with E-state index < -0.39 is 4.92 Å². The summed E-state index contributed by atoms with van der Waals surface area (Å²) in [6.45, 7) is 0.414. The molecule has 0 aliphatic rings. The van der Waals surface area contributed by atoms with Gasteiger partial charge in [0.05, 0.1) is 11.5 Å². The molecule has 0 atom stereocenters. The number of pyridine rings is 1. The summed E-state index contributed by atoms with van der Waals surface area (Å²) in [7, 11) is 1.58. The summed E-state index contributed by atoms with van der Waals surface area (Å²) in [5.41, 5.74) is 2.95. The van der Waals surface area contributed by atoms with E-state index in [1.54, 1.807) is 25.3 Å². The molecule has 0 fully saturated rings. The van der Waals surface area contributed by atoms with Crippen LogP contribution < -0.4 is 16.0 Å². The molecular weight excluding hydrogens is 276 g/mol. The lowest BCUT2D eigenvalue weighted by Crippen LogP contribution is -2.09. The van der Waals surface area contributed by atoms with E-state index in [9.17, 15) is 10.1 Å². The summed E-state index contributed by atoms with van der Waals surface area (Å²) in [6, 6.07) is 9.68. The van der Waals surface area contributed by atoms with Gasteiger partial charge in [-0.3, -0.25) is 10.1 Å². The monoisotopic (exact) mass is 290 g/mol. The van der Waals surface area contributed by atoms with E-state index >= 15 is 0 Å². The zero-order valence-electron chi connectivity index (χ0n) is 11.3. The number of hydrogen-bond acceptors (Lipinski definition) is 7. The number of anilines is 1. The highest BCUT2D eigenvalue weighted by Crippen LogP contribution is 2.30. The maximum atomic E-state index is 11.0. The van der Waals surface area contributed by atoms with Crippen molar-refractivity contribution in [1.82, 2.24) is 4.98 Å². The van der Waals surface area contributed by atoms with Crippen molar-refractivity contribution in [3.05, 3.63) is 52.1 Å². The molecule has 1 heterocycles. The van der Waals surface area contributed by atoms with Gasteiger partial charge in [0.25, 0.3) is 0 Å². The Morgan fingerprint density at radius 3 is 2.86 bits per heavy atom. The number of hydrazine groups is 1. The van der Waals surface area contributed by atoms with Crippen LogP contribution >= 0.6 is 0 Å². The topological polar surface area (TPSA) is 113 Å². The molecule has 0 unspecified atom stereocenters. The molecule has 0 radical (unpaired) electrons. The molecule has 1 aromatic carbocycles. The third-order valence-electron chi connectivity index (χ3n) is 2.61. The highest BCUT2D eigenvalue weighted by molar-refractivity contribution is 5.50.